The van der Waals surface area contributed by atoms with E-state index in [1.807, 2.05) is 7.05 Å². The number of fused-ring (bicyclic) bond motifs is 3. The summed E-state index contributed by atoms with van der Waals surface area (Å²) in [5.74, 6) is -3.51. The van der Waals surface area contributed by atoms with Crippen LogP contribution in [0.4, 0.5) is 8.78 Å². The summed E-state index contributed by atoms with van der Waals surface area (Å²) in [6.45, 7) is 4.04. The minimum Gasteiger partial charge on any atom is -0.503 e. The van der Waals surface area contributed by atoms with Gasteiger partial charge >= 0.3 is 0 Å². The maximum Gasteiger partial charge on any atom is 0.257 e. The Balaban J connectivity index is 1.71. The number of carbonyl (C=O) groups excluding carboxylic acids is 2. The van der Waals surface area contributed by atoms with E-state index >= 15 is 0 Å². The van der Waals surface area contributed by atoms with Gasteiger partial charge in [-0.1, -0.05) is 19.9 Å². The zero-order valence-electron chi connectivity index (χ0n) is 17.4. The molecule has 1 amide bonds. The van der Waals surface area contributed by atoms with Crippen LogP contribution in [0.1, 0.15) is 52.7 Å². The average molecular weight is 431 g/mol. The highest BCUT2D eigenvalue weighted by atomic mass is 19.1. The number of nitrogens with one attached hydrogen (secondary N) is 1. The third kappa shape index (κ3) is 3.23. The van der Waals surface area contributed by atoms with Gasteiger partial charge in [0.1, 0.15) is 22.9 Å². The molecule has 0 aliphatic carbocycles. The Bertz CT molecular complexity index is 1160. The van der Waals surface area contributed by atoms with Crippen LogP contribution in [0.2, 0.25) is 0 Å². The van der Waals surface area contributed by atoms with Crippen LogP contribution in [0, 0.1) is 17.0 Å². The second-order valence-electron chi connectivity index (χ2n) is 8.73. The summed E-state index contributed by atoms with van der Waals surface area (Å²) in [7, 11) is 1.91. The van der Waals surface area contributed by atoms with Crippen molar-refractivity contribution in [3.63, 3.8) is 0 Å². The zero-order chi connectivity index (χ0) is 22.7. The molecule has 0 spiro atoms. The van der Waals surface area contributed by atoms with Crippen LogP contribution in [0.15, 0.2) is 29.2 Å². The van der Waals surface area contributed by atoms with E-state index in [-0.39, 0.29) is 41.2 Å². The predicted octanol–water partition coefficient (Wildman–Crippen LogP) is 2.23. The highest BCUT2D eigenvalue weighted by Gasteiger charge is 2.53. The smallest absolute Gasteiger partial charge is 0.257 e. The Kier molecular flexibility index (Phi) is 4.96. The van der Waals surface area contributed by atoms with Crippen molar-refractivity contribution in [3.8, 4) is 5.75 Å². The molecular formula is C22H23F2N3O4. The van der Waals surface area contributed by atoms with Crippen LogP contribution < -0.4 is 10.7 Å². The average Bonchev–Trinajstić information content (AvgIpc) is 3.10. The molecule has 164 valence electrons. The number of carbonyl (C=O) groups is 2. The highest BCUT2D eigenvalue weighted by Crippen LogP contribution is 2.46. The number of Topliss-reactive ketones (excluding diaryl/α,β-unsaturated/α-hetero) is 1. The van der Waals surface area contributed by atoms with Crippen molar-refractivity contribution < 1.29 is 23.5 Å². The van der Waals surface area contributed by atoms with Gasteiger partial charge in [-0.15, -0.1) is 0 Å². The first-order valence-corrected chi connectivity index (χ1v) is 9.99. The fourth-order valence-corrected chi connectivity index (χ4v) is 4.89. The number of ketones is 1. The third-order valence-electron chi connectivity index (χ3n) is 6.42. The summed E-state index contributed by atoms with van der Waals surface area (Å²) in [6, 6.07) is 2.61. The molecule has 0 unspecified atom stereocenters. The lowest BCUT2D eigenvalue weighted by atomic mass is 9.72. The second kappa shape index (κ2) is 7.26. The molecule has 0 saturated carbocycles. The molecule has 3 heterocycles. The van der Waals surface area contributed by atoms with Crippen LogP contribution in [0.3, 0.4) is 0 Å². The molecule has 0 radical (unpaired) electrons. The number of amides is 1. The number of halogens is 2. The standard InChI is InChI=1S/C22H23F2N3O4/c1-22(2)19-15(6-7-26(19)3)27-10-13(17(28)18(29)16(27)20(22)30)21(31)25-9-11-4-5-12(23)8-14(11)24/h4-5,8,10,15,19,29H,6-7,9H2,1-3H3,(H,25,31)/t15-,19+/m0/s1. The third-order valence-corrected chi connectivity index (χ3v) is 6.42. The summed E-state index contributed by atoms with van der Waals surface area (Å²) in [5.41, 5.74) is -2.16. The van der Waals surface area contributed by atoms with Gasteiger partial charge in [-0.05, 0) is 19.5 Å². The molecule has 4 rings (SSSR count). The molecule has 31 heavy (non-hydrogen) atoms. The zero-order valence-corrected chi connectivity index (χ0v) is 17.4. The number of aromatic nitrogens is 1. The van der Waals surface area contributed by atoms with Gasteiger partial charge < -0.3 is 19.9 Å². The first kappa shape index (κ1) is 21.2. The van der Waals surface area contributed by atoms with Crippen LogP contribution in [0.25, 0.3) is 0 Å². The maximum absolute atomic E-state index is 13.8. The summed E-state index contributed by atoms with van der Waals surface area (Å²) in [5, 5.41) is 13.0. The van der Waals surface area contributed by atoms with E-state index in [0.29, 0.717) is 12.5 Å². The van der Waals surface area contributed by atoms with Crippen LogP contribution in [-0.4, -0.2) is 45.9 Å². The molecule has 2 N–H and O–H groups in total. The summed E-state index contributed by atoms with van der Waals surface area (Å²) < 4.78 is 28.4. The fourth-order valence-electron chi connectivity index (χ4n) is 4.89. The molecule has 1 saturated heterocycles. The van der Waals surface area contributed by atoms with Crippen molar-refractivity contribution in [3.05, 3.63) is 63.1 Å². The van der Waals surface area contributed by atoms with Crippen LogP contribution in [0.5, 0.6) is 5.75 Å². The SMILES string of the molecule is CN1CC[C@H]2[C@@H]1C(C)(C)C(=O)c1c(O)c(=O)c(C(=O)NCc3ccc(F)cc3F)cn12. The van der Waals surface area contributed by atoms with Gasteiger partial charge in [0.2, 0.25) is 5.43 Å². The van der Waals surface area contributed by atoms with Crippen molar-refractivity contribution >= 4 is 11.7 Å². The Morgan fingerprint density at radius 1 is 1.29 bits per heavy atom. The van der Waals surface area contributed by atoms with Crippen molar-refractivity contribution in [1.29, 1.82) is 0 Å². The largest absolute Gasteiger partial charge is 0.503 e. The normalized spacial score (nSPS) is 22.2. The van der Waals surface area contributed by atoms with Gasteiger partial charge in [0.05, 0.1) is 6.04 Å². The lowest BCUT2D eigenvalue weighted by Crippen LogP contribution is -2.52. The van der Waals surface area contributed by atoms with Crippen molar-refractivity contribution in [2.24, 2.45) is 5.41 Å². The Morgan fingerprint density at radius 2 is 2.00 bits per heavy atom. The lowest BCUT2D eigenvalue weighted by Gasteiger charge is -2.44. The van der Waals surface area contributed by atoms with E-state index in [4.69, 9.17) is 0 Å². The summed E-state index contributed by atoms with van der Waals surface area (Å²) >= 11 is 0. The number of likely N-dealkylation sites (tertiary alicyclic amines) is 1. The van der Waals surface area contributed by atoms with Crippen LogP contribution >= 0.6 is 0 Å². The number of likely N-dealkylation sites (N-methyl/N-ethyl adjacent to an activating group) is 1. The van der Waals surface area contributed by atoms with Gasteiger partial charge in [-0.3, -0.25) is 14.4 Å². The van der Waals surface area contributed by atoms with E-state index < -0.39 is 34.1 Å². The van der Waals surface area contributed by atoms with Gasteiger partial charge in [-0.25, -0.2) is 8.78 Å². The van der Waals surface area contributed by atoms with E-state index in [0.717, 1.165) is 12.6 Å². The number of pyridine rings is 1. The molecule has 2 aliphatic heterocycles. The number of hydrogen-bond acceptors (Lipinski definition) is 5. The molecule has 1 fully saturated rings. The Morgan fingerprint density at radius 3 is 2.68 bits per heavy atom. The van der Waals surface area contributed by atoms with Crippen molar-refractivity contribution in [2.45, 2.75) is 38.9 Å². The first-order chi connectivity index (χ1) is 14.5. The molecule has 2 atom stereocenters. The highest BCUT2D eigenvalue weighted by molar-refractivity contribution is 6.03. The Hall–Kier alpha value is -3.07. The molecular weight excluding hydrogens is 408 g/mol. The van der Waals surface area contributed by atoms with E-state index in [9.17, 15) is 28.3 Å². The quantitative estimate of drug-likeness (QED) is 0.778. The number of aromatic hydroxyl groups is 1. The monoisotopic (exact) mass is 431 g/mol. The Labute approximate surface area is 177 Å². The molecule has 0 bridgehead atoms. The lowest BCUT2D eigenvalue weighted by molar-refractivity contribution is 0.0540. The minimum atomic E-state index is -0.961. The molecule has 9 heteroatoms. The van der Waals surface area contributed by atoms with Gasteiger partial charge in [-0.2, -0.15) is 0 Å². The molecule has 2 aliphatic rings. The van der Waals surface area contributed by atoms with E-state index in [2.05, 4.69) is 10.2 Å². The molecule has 2 aromatic rings. The topological polar surface area (TPSA) is 91.6 Å². The van der Waals surface area contributed by atoms with Gasteiger partial charge in [0, 0.05) is 42.4 Å². The maximum atomic E-state index is 13.8. The molecule has 7 nitrogen and oxygen atoms in total. The number of rotatable bonds is 3. The number of benzene rings is 1. The minimum absolute atomic E-state index is 0.0476. The second-order valence-corrected chi connectivity index (χ2v) is 8.73. The summed E-state index contributed by atoms with van der Waals surface area (Å²) in [6.07, 6.45) is 1.99. The van der Waals surface area contributed by atoms with Crippen molar-refractivity contribution in [2.75, 3.05) is 13.6 Å². The molecule has 1 aromatic carbocycles. The van der Waals surface area contributed by atoms with E-state index in [1.165, 1.54) is 16.8 Å². The van der Waals surface area contributed by atoms with Crippen molar-refractivity contribution in [1.82, 2.24) is 14.8 Å². The van der Waals surface area contributed by atoms with Gasteiger partial charge in [0.25, 0.3) is 5.91 Å². The summed E-state index contributed by atoms with van der Waals surface area (Å²) in [4.78, 5) is 40.6. The predicted molar refractivity (Wildman–Crippen MR) is 108 cm³/mol. The van der Waals surface area contributed by atoms with Crippen LogP contribution in [-0.2, 0) is 6.54 Å². The first-order valence-electron chi connectivity index (χ1n) is 9.99. The van der Waals surface area contributed by atoms with Gasteiger partial charge in [0.15, 0.2) is 11.5 Å². The fraction of sp³-hybridized carbons (Fsp3) is 0.409. The molecule has 1 aromatic heterocycles. The number of hydrogen-bond donors (Lipinski definition) is 2. The number of nitrogens with zero attached hydrogens (tertiary/aromatic N) is 2. The van der Waals surface area contributed by atoms with E-state index in [1.54, 1.807) is 13.8 Å².